The summed E-state index contributed by atoms with van der Waals surface area (Å²) in [6, 6.07) is -3.90. The Kier molecular flexibility index (Phi) is 9.50. The molecule has 0 aliphatic carbocycles. The standard InChI is InChI=1S/C23H33F3N4O6/c1-11(2)16(18(31)23(24,25)26)27-20(33)15-8-7-9-30(15)22(34)17(12(3)4)28-19(32)14-10-35-29-21(14)36-13(5)6/h10-13,15-17H,7-9H2,1-6H3,(H,27,33)(H,28,32)/t15-,16-,17-/m0/s1. The molecule has 0 bridgehead atoms. The fraction of sp³-hybridized carbons (Fsp3) is 0.696. The van der Waals surface area contributed by atoms with Crippen LogP contribution in [0.25, 0.3) is 0 Å². The van der Waals surface area contributed by atoms with E-state index in [1.54, 1.807) is 27.7 Å². The number of hydrogen-bond acceptors (Lipinski definition) is 7. The van der Waals surface area contributed by atoms with Gasteiger partial charge in [0.1, 0.15) is 23.9 Å². The zero-order chi connectivity index (χ0) is 27.4. The summed E-state index contributed by atoms with van der Waals surface area (Å²) in [5.74, 6) is -5.39. The Labute approximate surface area is 207 Å². The van der Waals surface area contributed by atoms with Crippen LogP contribution in [-0.2, 0) is 14.4 Å². The van der Waals surface area contributed by atoms with Crippen molar-refractivity contribution in [3.8, 4) is 5.88 Å². The topological polar surface area (TPSA) is 131 Å². The molecule has 2 rings (SSSR count). The van der Waals surface area contributed by atoms with Crippen LogP contribution < -0.4 is 15.4 Å². The number of likely N-dealkylation sites (tertiary alicyclic amines) is 1. The Morgan fingerprint density at radius 2 is 1.67 bits per heavy atom. The summed E-state index contributed by atoms with van der Waals surface area (Å²) in [6.45, 7) is 9.82. The van der Waals surface area contributed by atoms with Gasteiger partial charge in [-0.1, -0.05) is 27.7 Å². The average Bonchev–Trinajstić information content (AvgIpc) is 3.42. The number of carbonyl (C=O) groups excluding carboxylic acids is 4. The SMILES string of the molecule is CC(C)Oc1nocc1C(=O)N[C@H](C(=O)N1CCC[C@H]1C(=O)N[C@H](C(=O)C(F)(F)F)C(C)C)C(C)C. The lowest BCUT2D eigenvalue weighted by atomic mass is 9.98. The van der Waals surface area contributed by atoms with E-state index in [0.717, 1.165) is 6.26 Å². The van der Waals surface area contributed by atoms with E-state index >= 15 is 0 Å². The molecule has 1 saturated heterocycles. The summed E-state index contributed by atoms with van der Waals surface area (Å²) in [5, 5.41) is 8.45. The number of ketones is 1. The molecule has 1 aromatic heterocycles. The van der Waals surface area contributed by atoms with Crippen LogP contribution in [0.3, 0.4) is 0 Å². The third kappa shape index (κ3) is 6.97. The zero-order valence-electron chi connectivity index (χ0n) is 21.1. The Hall–Kier alpha value is -3.12. The van der Waals surface area contributed by atoms with Gasteiger partial charge >= 0.3 is 6.18 Å². The first-order valence-electron chi connectivity index (χ1n) is 11.8. The van der Waals surface area contributed by atoms with E-state index in [2.05, 4.69) is 15.8 Å². The average molecular weight is 519 g/mol. The van der Waals surface area contributed by atoms with E-state index in [4.69, 9.17) is 9.26 Å². The first kappa shape index (κ1) is 29.1. The molecule has 1 aliphatic heterocycles. The van der Waals surface area contributed by atoms with E-state index in [1.165, 1.54) is 18.7 Å². The Balaban J connectivity index is 2.19. The maximum absolute atomic E-state index is 13.4. The van der Waals surface area contributed by atoms with E-state index in [9.17, 15) is 32.3 Å². The van der Waals surface area contributed by atoms with Gasteiger partial charge in [-0.05, 0) is 43.7 Å². The van der Waals surface area contributed by atoms with Crippen molar-refractivity contribution < 1.29 is 41.6 Å². The summed E-state index contributed by atoms with van der Waals surface area (Å²) < 4.78 is 49.3. The van der Waals surface area contributed by atoms with Crippen LogP contribution in [-0.4, -0.2) is 70.5 Å². The lowest BCUT2D eigenvalue weighted by Gasteiger charge is -2.31. The van der Waals surface area contributed by atoms with Gasteiger partial charge in [0.15, 0.2) is 0 Å². The Morgan fingerprint density at radius 1 is 1.06 bits per heavy atom. The van der Waals surface area contributed by atoms with E-state index in [1.807, 2.05) is 0 Å². The van der Waals surface area contributed by atoms with Crippen molar-refractivity contribution in [1.29, 1.82) is 0 Å². The third-order valence-corrected chi connectivity index (χ3v) is 5.71. The normalized spacial score (nSPS) is 17.9. The summed E-state index contributed by atoms with van der Waals surface area (Å²) >= 11 is 0. The van der Waals surface area contributed by atoms with Gasteiger partial charge in [0.05, 0.1) is 12.1 Å². The molecule has 10 nitrogen and oxygen atoms in total. The van der Waals surface area contributed by atoms with Crippen molar-refractivity contribution in [2.24, 2.45) is 11.8 Å². The first-order chi connectivity index (χ1) is 16.6. The number of nitrogens with one attached hydrogen (secondary N) is 2. The number of aromatic nitrogens is 1. The zero-order valence-corrected chi connectivity index (χ0v) is 21.1. The smallest absolute Gasteiger partial charge is 0.452 e. The number of rotatable bonds is 10. The molecule has 0 saturated carbocycles. The number of amides is 3. The highest BCUT2D eigenvalue weighted by molar-refractivity contribution is 6.00. The van der Waals surface area contributed by atoms with Crippen LogP contribution in [0, 0.1) is 11.8 Å². The van der Waals surface area contributed by atoms with Crippen LogP contribution in [0.15, 0.2) is 10.8 Å². The minimum Gasteiger partial charge on any atom is -0.472 e. The number of halogens is 3. The second kappa shape index (κ2) is 11.7. The van der Waals surface area contributed by atoms with Gasteiger partial charge in [0.2, 0.25) is 11.8 Å². The molecule has 2 heterocycles. The summed E-state index contributed by atoms with van der Waals surface area (Å²) in [5.41, 5.74) is -0.0108. The lowest BCUT2D eigenvalue weighted by molar-refractivity contribution is -0.175. The number of Topliss-reactive ketones (excluding diaryl/α,β-unsaturated/α-hetero) is 1. The van der Waals surface area contributed by atoms with E-state index < -0.39 is 59.6 Å². The van der Waals surface area contributed by atoms with E-state index in [0.29, 0.717) is 6.42 Å². The summed E-state index contributed by atoms with van der Waals surface area (Å²) in [7, 11) is 0. The molecule has 2 N–H and O–H groups in total. The molecule has 36 heavy (non-hydrogen) atoms. The van der Waals surface area contributed by atoms with E-state index in [-0.39, 0.29) is 30.5 Å². The molecule has 0 radical (unpaired) electrons. The molecule has 1 fully saturated rings. The van der Waals surface area contributed by atoms with Gasteiger partial charge < -0.3 is 24.8 Å². The van der Waals surface area contributed by atoms with Crippen LogP contribution in [0.4, 0.5) is 13.2 Å². The largest absolute Gasteiger partial charge is 0.472 e. The second-order valence-electron chi connectivity index (χ2n) is 9.68. The highest BCUT2D eigenvalue weighted by Crippen LogP contribution is 2.24. The predicted octanol–water partition coefficient (Wildman–Crippen LogP) is 2.48. The number of carbonyl (C=O) groups is 4. The van der Waals surface area contributed by atoms with Gasteiger partial charge in [-0.25, -0.2) is 0 Å². The van der Waals surface area contributed by atoms with Gasteiger partial charge in [0.25, 0.3) is 17.6 Å². The van der Waals surface area contributed by atoms with Crippen LogP contribution in [0.2, 0.25) is 0 Å². The van der Waals surface area contributed by atoms with Crippen LogP contribution >= 0.6 is 0 Å². The number of nitrogens with zero attached hydrogens (tertiary/aromatic N) is 2. The first-order valence-corrected chi connectivity index (χ1v) is 11.8. The minimum atomic E-state index is -5.11. The summed E-state index contributed by atoms with van der Waals surface area (Å²) in [4.78, 5) is 52.2. The quantitative estimate of drug-likeness (QED) is 0.487. The maximum Gasteiger partial charge on any atom is 0.452 e. The fourth-order valence-corrected chi connectivity index (χ4v) is 3.86. The number of alkyl halides is 3. The molecule has 0 spiro atoms. The van der Waals surface area contributed by atoms with Crippen molar-refractivity contribution >= 4 is 23.5 Å². The summed E-state index contributed by atoms with van der Waals surface area (Å²) in [6.07, 6.45) is -3.67. The minimum absolute atomic E-state index is 0.0108. The lowest BCUT2D eigenvalue weighted by Crippen LogP contribution is -2.58. The second-order valence-corrected chi connectivity index (χ2v) is 9.68. The number of hydrogen-bond donors (Lipinski definition) is 2. The fourth-order valence-electron chi connectivity index (χ4n) is 3.86. The molecule has 13 heteroatoms. The highest BCUT2D eigenvalue weighted by atomic mass is 19.4. The third-order valence-electron chi connectivity index (χ3n) is 5.71. The Bertz CT molecular complexity index is 960. The van der Waals surface area contributed by atoms with Crippen LogP contribution in [0.5, 0.6) is 5.88 Å². The van der Waals surface area contributed by atoms with Gasteiger partial charge in [-0.3, -0.25) is 19.2 Å². The molecule has 1 aromatic rings. The monoisotopic (exact) mass is 518 g/mol. The van der Waals surface area contributed by atoms with Gasteiger partial charge in [-0.15, -0.1) is 0 Å². The molecule has 0 unspecified atom stereocenters. The highest BCUT2D eigenvalue weighted by Gasteiger charge is 2.46. The van der Waals surface area contributed by atoms with Crippen molar-refractivity contribution in [1.82, 2.24) is 20.7 Å². The van der Waals surface area contributed by atoms with Gasteiger partial charge in [0, 0.05) is 6.54 Å². The molecule has 202 valence electrons. The Morgan fingerprint density at radius 3 is 2.19 bits per heavy atom. The molecule has 3 amide bonds. The molecule has 3 atom stereocenters. The molecular formula is C23H33F3N4O6. The van der Waals surface area contributed by atoms with Crippen molar-refractivity contribution in [2.75, 3.05) is 6.54 Å². The van der Waals surface area contributed by atoms with Gasteiger partial charge in [-0.2, -0.15) is 13.2 Å². The molecule has 0 aromatic carbocycles. The predicted molar refractivity (Wildman–Crippen MR) is 121 cm³/mol. The van der Waals surface area contributed by atoms with Crippen molar-refractivity contribution in [3.05, 3.63) is 11.8 Å². The van der Waals surface area contributed by atoms with Crippen molar-refractivity contribution in [3.63, 3.8) is 0 Å². The maximum atomic E-state index is 13.4. The van der Waals surface area contributed by atoms with Crippen molar-refractivity contribution in [2.45, 2.75) is 84.8 Å². The number of ether oxygens (including phenoxy) is 1. The van der Waals surface area contributed by atoms with Crippen LogP contribution in [0.1, 0.15) is 64.7 Å². The molecular weight excluding hydrogens is 485 g/mol. The molecule has 1 aliphatic rings.